The van der Waals surface area contributed by atoms with Gasteiger partial charge in [0.25, 0.3) is 0 Å². The number of piperazine rings is 2. The van der Waals surface area contributed by atoms with Gasteiger partial charge in [-0.05, 0) is 130 Å². The van der Waals surface area contributed by atoms with Crippen LogP contribution in [-0.2, 0) is 27.3 Å². The van der Waals surface area contributed by atoms with Crippen molar-refractivity contribution in [3.8, 4) is 0 Å². The van der Waals surface area contributed by atoms with Crippen molar-refractivity contribution in [3.05, 3.63) is 57.6 Å². The summed E-state index contributed by atoms with van der Waals surface area (Å²) in [6, 6.07) is 13.1. The van der Waals surface area contributed by atoms with Gasteiger partial charge in [0, 0.05) is 94.5 Å². The Hall–Kier alpha value is -2.27. The van der Waals surface area contributed by atoms with Crippen LogP contribution in [0.15, 0.2) is 36.4 Å². The lowest BCUT2D eigenvalue weighted by atomic mass is 10.1. The molecule has 6 rings (SSSR count). The van der Waals surface area contributed by atoms with Crippen LogP contribution < -0.4 is 9.80 Å². The highest BCUT2D eigenvalue weighted by molar-refractivity contribution is 14.1. The SMILES string of the molecule is CC(C)I.CC(C)OC1CCN(c2cc(CN3CCN(C(=O)OC(C)(C)C)C[C@@H]3C)ccc2Cl)CC1.C[C@H]1CN(C(=O)OC(C)(C)C)CCN1Cc1ccc(Cl)c(N2CCC(O)CC2)c1. The van der Waals surface area contributed by atoms with Crippen LogP contribution >= 0.6 is 45.8 Å². The van der Waals surface area contributed by atoms with Crippen LogP contribution in [0.2, 0.25) is 10.0 Å². The molecular formula is C50H81Cl2IN6O6. The maximum absolute atomic E-state index is 12.4. The zero-order valence-corrected chi connectivity index (χ0v) is 45.2. The van der Waals surface area contributed by atoms with E-state index in [1.807, 2.05) is 58.6 Å². The molecule has 4 aliphatic heterocycles. The molecule has 1 N–H and O–H groups in total. The van der Waals surface area contributed by atoms with E-state index < -0.39 is 11.2 Å². The summed E-state index contributed by atoms with van der Waals surface area (Å²) >= 11 is 15.4. The molecule has 368 valence electrons. The third kappa shape index (κ3) is 19.0. The first kappa shape index (κ1) is 55.3. The summed E-state index contributed by atoms with van der Waals surface area (Å²) in [5.74, 6) is 0. The van der Waals surface area contributed by atoms with Crippen LogP contribution in [-0.4, -0.2) is 148 Å². The number of ether oxygens (including phenoxy) is 3. The van der Waals surface area contributed by atoms with E-state index in [0.29, 0.717) is 32.3 Å². The van der Waals surface area contributed by atoms with Crippen LogP contribution in [0.5, 0.6) is 0 Å². The standard InChI is InChI=1S/C25H40ClN3O3.C22H34ClN3O3.C3H7I/c1-18(2)31-21-9-11-27(12-10-21)23-15-20(7-8-22(23)26)17-28-13-14-29(16-19(28)3)24(30)32-25(4,5)6;1-16-14-26(21(28)29-22(2,3)4)12-11-25(16)15-17-5-6-19(23)20(13-17)24-9-7-18(27)8-10-24;1-3(2)4/h7-8,15,18-19,21H,9-14,16-17H2,1-6H3;5-6,13,16,18,27H,7-12,14-15H2,1-4H3;3H,1-2H3/t19-;16-;/m00./s1. The molecule has 0 radical (unpaired) electrons. The minimum absolute atomic E-state index is 0.199. The highest BCUT2D eigenvalue weighted by Gasteiger charge is 2.32. The number of alkyl halides is 1. The number of aliphatic hydroxyl groups excluding tert-OH is 1. The van der Waals surface area contributed by atoms with Crippen molar-refractivity contribution in [2.45, 2.75) is 167 Å². The molecule has 2 atom stereocenters. The molecular weight excluding hydrogens is 978 g/mol. The highest BCUT2D eigenvalue weighted by Crippen LogP contribution is 2.33. The van der Waals surface area contributed by atoms with Crippen molar-refractivity contribution in [2.75, 3.05) is 75.2 Å². The Kier molecular flexibility index (Phi) is 21.6. The first-order valence-corrected chi connectivity index (χ1v) is 25.9. The van der Waals surface area contributed by atoms with Crippen molar-refractivity contribution in [2.24, 2.45) is 0 Å². The van der Waals surface area contributed by atoms with Gasteiger partial charge in [-0.2, -0.15) is 0 Å². The number of rotatable bonds is 8. The predicted octanol–water partition coefficient (Wildman–Crippen LogP) is 10.7. The molecule has 0 spiro atoms. The molecule has 15 heteroatoms. The predicted molar refractivity (Wildman–Crippen MR) is 276 cm³/mol. The number of benzene rings is 2. The Labute approximate surface area is 415 Å². The number of aliphatic hydroxyl groups is 1. The number of amides is 2. The minimum Gasteiger partial charge on any atom is -0.444 e. The Morgan fingerprint density at radius 1 is 0.662 bits per heavy atom. The molecule has 12 nitrogen and oxygen atoms in total. The van der Waals surface area contributed by atoms with Crippen LogP contribution in [0.4, 0.5) is 21.0 Å². The Morgan fingerprint density at radius 2 is 1.03 bits per heavy atom. The smallest absolute Gasteiger partial charge is 0.410 e. The normalized spacial score (nSPS) is 20.9. The topological polar surface area (TPSA) is 102 Å². The monoisotopic (exact) mass is 1060 g/mol. The third-order valence-corrected chi connectivity index (χ3v) is 12.3. The minimum atomic E-state index is -0.471. The van der Waals surface area contributed by atoms with Crippen LogP contribution in [0, 0.1) is 0 Å². The molecule has 4 aliphatic rings. The number of carbonyl (C=O) groups excluding carboxylic acids is 2. The number of carbonyl (C=O) groups is 2. The van der Waals surface area contributed by atoms with E-state index in [2.05, 4.69) is 108 Å². The number of hydrogen-bond donors (Lipinski definition) is 1. The summed E-state index contributed by atoms with van der Waals surface area (Å²) in [4.78, 5) is 37.9. The van der Waals surface area contributed by atoms with E-state index in [-0.39, 0.29) is 36.5 Å². The number of halogens is 3. The third-order valence-electron chi connectivity index (χ3n) is 11.7. The Bertz CT molecular complexity index is 1790. The van der Waals surface area contributed by atoms with Crippen LogP contribution in [0.3, 0.4) is 0 Å². The van der Waals surface area contributed by atoms with Crippen molar-refractivity contribution >= 4 is 69.4 Å². The fourth-order valence-corrected chi connectivity index (χ4v) is 8.91. The number of hydrogen-bond acceptors (Lipinski definition) is 10. The van der Waals surface area contributed by atoms with E-state index >= 15 is 0 Å². The molecule has 0 bridgehead atoms. The second-order valence-corrected chi connectivity index (χ2v) is 24.0. The van der Waals surface area contributed by atoms with E-state index in [1.165, 1.54) is 11.1 Å². The molecule has 0 aromatic heterocycles. The number of anilines is 2. The second kappa shape index (κ2) is 25.4. The maximum atomic E-state index is 12.4. The van der Waals surface area contributed by atoms with E-state index in [0.717, 1.165) is 103 Å². The van der Waals surface area contributed by atoms with Gasteiger partial charge in [-0.1, -0.05) is 71.8 Å². The number of piperidine rings is 2. The fraction of sp³-hybridized carbons (Fsp3) is 0.720. The summed E-state index contributed by atoms with van der Waals surface area (Å²) < 4.78 is 17.9. The first-order valence-electron chi connectivity index (χ1n) is 23.9. The van der Waals surface area contributed by atoms with Gasteiger partial charge in [0.2, 0.25) is 0 Å². The molecule has 4 fully saturated rings. The van der Waals surface area contributed by atoms with Gasteiger partial charge in [-0.15, -0.1) is 0 Å². The van der Waals surface area contributed by atoms with E-state index in [4.69, 9.17) is 37.4 Å². The lowest BCUT2D eigenvalue weighted by Gasteiger charge is -2.40. The summed E-state index contributed by atoms with van der Waals surface area (Å²) in [7, 11) is 0. The number of nitrogens with zero attached hydrogens (tertiary/aromatic N) is 6. The fourth-order valence-electron chi connectivity index (χ4n) is 8.44. The summed E-state index contributed by atoms with van der Waals surface area (Å²) in [5, 5.41) is 11.3. The molecule has 2 amide bonds. The molecule has 2 aromatic rings. The zero-order valence-electron chi connectivity index (χ0n) is 41.5. The van der Waals surface area contributed by atoms with Crippen LogP contribution in [0.25, 0.3) is 0 Å². The molecule has 0 aliphatic carbocycles. The molecule has 4 saturated heterocycles. The van der Waals surface area contributed by atoms with Crippen LogP contribution in [0.1, 0.15) is 120 Å². The van der Waals surface area contributed by atoms with Crippen molar-refractivity contribution in [1.82, 2.24) is 19.6 Å². The van der Waals surface area contributed by atoms with Gasteiger partial charge in [-0.25, -0.2) is 9.59 Å². The molecule has 0 unspecified atom stereocenters. The average Bonchev–Trinajstić information content (AvgIpc) is 3.20. The Morgan fingerprint density at radius 3 is 1.37 bits per heavy atom. The van der Waals surface area contributed by atoms with Gasteiger partial charge in [0.1, 0.15) is 11.2 Å². The molecule has 4 heterocycles. The van der Waals surface area contributed by atoms with Gasteiger partial charge < -0.3 is 38.9 Å². The van der Waals surface area contributed by atoms with Gasteiger partial charge in [0.15, 0.2) is 0 Å². The Balaban J connectivity index is 0.000000264. The quantitative estimate of drug-likeness (QED) is 0.203. The van der Waals surface area contributed by atoms with Gasteiger partial charge in [-0.3, -0.25) is 9.80 Å². The summed E-state index contributed by atoms with van der Waals surface area (Å²) in [6.07, 6.45) is 3.59. The van der Waals surface area contributed by atoms with E-state index in [9.17, 15) is 14.7 Å². The summed E-state index contributed by atoms with van der Waals surface area (Å²) in [5.41, 5.74) is 3.70. The highest BCUT2D eigenvalue weighted by atomic mass is 127. The summed E-state index contributed by atoms with van der Waals surface area (Å²) in [6.45, 7) is 33.8. The zero-order chi connectivity index (χ0) is 48.2. The van der Waals surface area contributed by atoms with Crippen molar-refractivity contribution < 1.29 is 28.9 Å². The lowest BCUT2D eigenvalue weighted by Crippen LogP contribution is -2.54. The average molecular weight is 1060 g/mol. The second-order valence-electron chi connectivity index (χ2n) is 20.7. The van der Waals surface area contributed by atoms with Crippen molar-refractivity contribution in [1.29, 1.82) is 0 Å². The van der Waals surface area contributed by atoms with E-state index in [1.54, 1.807) is 4.90 Å². The maximum Gasteiger partial charge on any atom is 0.410 e. The lowest BCUT2D eigenvalue weighted by molar-refractivity contribution is -0.00481. The molecule has 2 aromatic carbocycles. The van der Waals surface area contributed by atoms with Gasteiger partial charge in [0.05, 0.1) is 39.7 Å². The first-order chi connectivity index (χ1) is 30.4. The van der Waals surface area contributed by atoms with Gasteiger partial charge >= 0.3 is 12.2 Å². The molecule has 0 saturated carbocycles. The van der Waals surface area contributed by atoms with Crippen molar-refractivity contribution in [3.63, 3.8) is 0 Å². The largest absolute Gasteiger partial charge is 0.444 e. The molecule has 65 heavy (non-hydrogen) atoms.